The Labute approximate surface area is 171 Å². The zero-order chi connectivity index (χ0) is 20.2. The Balaban J connectivity index is 1.36. The largest absolute Gasteiger partial charge is 0.492 e. The van der Waals surface area contributed by atoms with Crippen LogP contribution in [0.15, 0.2) is 48.5 Å². The molecule has 152 valence electrons. The summed E-state index contributed by atoms with van der Waals surface area (Å²) in [6.45, 7) is 9.52. The summed E-state index contributed by atoms with van der Waals surface area (Å²) in [6.07, 6.45) is 0. The summed E-state index contributed by atoms with van der Waals surface area (Å²) in [5.74, 6) is 0.455. The number of H-pyrrole nitrogens is 1. The van der Waals surface area contributed by atoms with E-state index in [4.69, 9.17) is 10.5 Å². The third-order valence-electron chi connectivity index (χ3n) is 5.68. The lowest BCUT2D eigenvalue weighted by Gasteiger charge is -2.33. The number of nitrogens with one attached hydrogen (secondary N) is 1. The third-order valence-corrected chi connectivity index (χ3v) is 5.68. The maximum Gasteiger partial charge on any atom is 0.249 e. The van der Waals surface area contributed by atoms with Crippen LogP contribution in [0, 0.1) is 0 Å². The standard InChI is InChI=1S/C23H28N4O2/c1-2-26-10-12-27(13-11-26)14-15-29-18-8-6-17(7-9-18)22-16-20-19(23(24)28)4-3-5-21(20)25-22/h3-9,16,25H,2,10-15H2,1H3,(H2,24,28). The molecule has 1 aromatic heterocycles. The number of nitrogens with zero attached hydrogens (tertiary/aromatic N) is 2. The minimum Gasteiger partial charge on any atom is -0.492 e. The van der Waals surface area contributed by atoms with E-state index in [1.165, 1.54) is 0 Å². The lowest BCUT2D eigenvalue weighted by molar-refractivity contribution is 0.100. The van der Waals surface area contributed by atoms with Gasteiger partial charge in [-0.15, -0.1) is 0 Å². The summed E-state index contributed by atoms with van der Waals surface area (Å²) in [7, 11) is 0. The van der Waals surface area contributed by atoms with Crippen molar-refractivity contribution in [2.45, 2.75) is 6.92 Å². The number of hydrogen-bond acceptors (Lipinski definition) is 4. The monoisotopic (exact) mass is 392 g/mol. The lowest BCUT2D eigenvalue weighted by atomic mass is 10.1. The summed E-state index contributed by atoms with van der Waals surface area (Å²) in [5.41, 5.74) is 8.92. The van der Waals surface area contributed by atoms with Crippen molar-refractivity contribution >= 4 is 16.8 Å². The van der Waals surface area contributed by atoms with Gasteiger partial charge in [0.05, 0.1) is 0 Å². The normalized spacial score (nSPS) is 15.6. The molecule has 0 radical (unpaired) electrons. The van der Waals surface area contributed by atoms with Gasteiger partial charge in [-0.1, -0.05) is 13.0 Å². The highest BCUT2D eigenvalue weighted by Gasteiger charge is 2.15. The Kier molecular flexibility index (Phi) is 5.83. The maximum absolute atomic E-state index is 11.6. The second-order valence-corrected chi connectivity index (χ2v) is 7.46. The number of hydrogen-bond donors (Lipinski definition) is 2. The first kappa shape index (κ1) is 19.5. The van der Waals surface area contributed by atoms with Gasteiger partial charge in [-0.2, -0.15) is 0 Å². The number of amides is 1. The van der Waals surface area contributed by atoms with Crippen LogP contribution in [-0.4, -0.2) is 66.6 Å². The molecule has 1 aliphatic heterocycles. The van der Waals surface area contributed by atoms with E-state index in [1.54, 1.807) is 6.07 Å². The predicted molar refractivity (Wildman–Crippen MR) is 116 cm³/mol. The summed E-state index contributed by atoms with van der Waals surface area (Å²) in [5, 5.41) is 0.846. The van der Waals surface area contributed by atoms with Gasteiger partial charge < -0.3 is 20.4 Å². The van der Waals surface area contributed by atoms with E-state index < -0.39 is 5.91 Å². The quantitative estimate of drug-likeness (QED) is 0.648. The number of piperazine rings is 1. The van der Waals surface area contributed by atoms with E-state index >= 15 is 0 Å². The first-order chi connectivity index (χ1) is 14.1. The number of aromatic nitrogens is 1. The molecule has 1 fully saturated rings. The molecule has 0 bridgehead atoms. The molecule has 0 spiro atoms. The Bertz CT molecular complexity index is 972. The van der Waals surface area contributed by atoms with Crippen LogP contribution < -0.4 is 10.5 Å². The zero-order valence-electron chi connectivity index (χ0n) is 16.9. The molecular weight excluding hydrogens is 364 g/mol. The molecule has 3 aromatic rings. The Hall–Kier alpha value is -2.83. The molecule has 0 saturated carbocycles. The molecule has 2 aromatic carbocycles. The van der Waals surface area contributed by atoms with Crippen molar-refractivity contribution in [3.63, 3.8) is 0 Å². The number of nitrogens with two attached hydrogens (primary N) is 1. The first-order valence-electron chi connectivity index (χ1n) is 10.2. The molecule has 3 N–H and O–H groups in total. The number of ether oxygens (including phenoxy) is 1. The van der Waals surface area contributed by atoms with Gasteiger partial charge in [0.1, 0.15) is 12.4 Å². The highest BCUT2D eigenvalue weighted by molar-refractivity contribution is 6.06. The Morgan fingerprint density at radius 2 is 1.79 bits per heavy atom. The molecular formula is C23H28N4O2. The highest BCUT2D eigenvalue weighted by Crippen LogP contribution is 2.27. The minimum atomic E-state index is -0.416. The van der Waals surface area contributed by atoms with Crippen LogP contribution >= 0.6 is 0 Å². The number of primary amides is 1. The smallest absolute Gasteiger partial charge is 0.249 e. The fourth-order valence-corrected chi connectivity index (χ4v) is 3.88. The lowest BCUT2D eigenvalue weighted by Crippen LogP contribution is -2.47. The molecule has 6 heteroatoms. The third kappa shape index (κ3) is 4.44. The van der Waals surface area contributed by atoms with Crippen LogP contribution in [0.4, 0.5) is 0 Å². The molecule has 1 saturated heterocycles. The summed E-state index contributed by atoms with van der Waals surface area (Å²) >= 11 is 0. The number of fused-ring (bicyclic) bond motifs is 1. The molecule has 0 aliphatic carbocycles. The molecule has 0 unspecified atom stereocenters. The molecule has 1 aliphatic rings. The summed E-state index contributed by atoms with van der Waals surface area (Å²) < 4.78 is 5.94. The molecule has 1 amide bonds. The fourth-order valence-electron chi connectivity index (χ4n) is 3.88. The van der Waals surface area contributed by atoms with E-state index in [2.05, 4.69) is 21.7 Å². The van der Waals surface area contributed by atoms with Gasteiger partial charge >= 0.3 is 0 Å². The average Bonchev–Trinajstić information content (AvgIpc) is 3.19. The summed E-state index contributed by atoms with van der Waals surface area (Å²) in [4.78, 5) is 19.9. The fraction of sp³-hybridized carbons (Fsp3) is 0.348. The van der Waals surface area contributed by atoms with Crippen molar-refractivity contribution in [3.8, 4) is 17.0 Å². The maximum atomic E-state index is 11.6. The molecule has 2 heterocycles. The van der Waals surface area contributed by atoms with Crippen molar-refractivity contribution in [3.05, 3.63) is 54.1 Å². The van der Waals surface area contributed by atoms with E-state index in [9.17, 15) is 4.79 Å². The SMILES string of the molecule is CCN1CCN(CCOc2ccc(-c3cc4c(C(N)=O)cccc4[nH]3)cc2)CC1. The minimum absolute atomic E-state index is 0.416. The number of likely N-dealkylation sites (N-methyl/N-ethyl adjacent to an activating group) is 1. The van der Waals surface area contributed by atoms with Crippen LogP contribution in [0.1, 0.15) is 17.3 Å². The number of carbonyl (C=O) groups is 1. The van der Waals surface area contributed by atoms with Gasteiger partial charge in [-0.3, -0.25) is 9.69 Å². The van der Waals surface area contributed by atoms with Gasteiger partial charge in [0.2, 0.25) is 5.91 Å². The number of aromatic amines is 1. The van der Waals surface area contributed by atoms with Crippen LogP contribution in [0.2, 0.25) is 0 Å². The van der Waals surface area contributed by atoms with Gasteiger partial charge in [0.15, 0.2) is 0 Å². The summed E-state index contributed by atoms with van der Waals surface area (Å²) in [6, 6.07) is 15.6. The highest BCUT2D eigenvalue weighted by atomic mass is 16.5. The second kappa shape index (κ2) is 8.68. The number of carbonyl (C=O) groups excluding carboxylic acids is 1. The molecule has 29 heavy (non-hydrogen) atoms. The zero-order valence-corrected chi connectivity index (χ0v) is 16.9. The van der Waals surface area contributed by atoms with Gasteiger partial charge in [-0.25, -0.2) is 0 Å². The predicted octanol–water partition coefficient (Wildman–Crippen LogP) is 2.95. The van der Waals surface area contributed by atoms with Crippen LogP contribution in [0.3, 0.4) is 0 Å². The average molecular weight is 393 g/mol. The Morgan fingerprint density at radius 1 is 1.07 bits per heavy atom. The second-order valence-electron chi connectivity index (χ2n) is 7.46. The van der Waals surface area contributed by atoms with Gasteiger partial charge in [0.25, 0.3) is 0 Å². The van der Waals surface area contributed by atoms with Crippen LogP contribution in [0.25, 0.3) is 22.2 Å². The van der Waals surface area contributed by atoms with E-state index in [0.29, 0.717) is 12.2 Å². The molecule has 4 rings (SSSR count). The van der Waals surface area contributed by atoms with Gasteiger partial charge in [-0.05, 0) is 54.6 Å². The van der Waals surface area contributed by atoms with Crippen LogP contribution in [0.5, 0.6) is 5.75 Å². The van der Waals surface area contributed by atoms with Crippen LogP contribution in [-0.2, 0) is 0 Å². The van der Waals surface area contributed by atoms with E-state index in [1.807, 2.05) is 42.5 Å². The first-order valence-corrected chi connectivity index (χ1v) is 10.2. The van der Waals surface area contributed by atoms with Crippen molar-refractivity contribution in [2.75, 3.05) is 45.9 Å². The van der Waals surface area contributed by atoms with Crippen molar-refractivity contribution < 1.29 is 9.53 Å². The topological polar surface area (TPSA) is 74.6 Å². The van der Waals surface area contributed by atoms with Crippen molar-refractivity contribution in [1.82, 2.24) is 14.8 Å². The number of rotatable bonds is 7. The molecule has 0 atom stereocenters. The Morgan fingerprint density at radius 3 is 2.48 bits per heavy atom. The van der Waals surface area contributed by atoms with Crippen molar-refractivity contribution in [2.24, 2.45) is 5.73 Å². The van der Waals surface area contributed by atoms with Gasteiger partial charge in [0, 0.05) is 54.9 Å². The van der Waals surface area contributed by atoms with Crippen molar-refractivity contribution in [1.29, 1.82) is 0 Å². The van der Waals surface area contributed by atoms with E-state index in [-0.39, 0.29) is 0 Å². The van der Waals surface area contributed by atoms with E-state index in [0.717, 1.165) is 67.2 Å². The number of benzene rings is 2. The molecule has 6 nitrogen and oxygen atoms in total.